The first kappa shape index (κ1) is 16.4. The minimum atomic E-state index is -0.335. The molecule has 5 nitrogen and oxygen atoms in total. The molecule has 0 bridgehead atoms. The lowest BCUT2D eigenvalue weighted by Gasteiger charge is -2.35. The van der Waals surface area contributed by atoms with Gasteiger partial charge in [-0.1, -0.05) is 30.3 Å². The summed E-state index contributed by atoms with van der Waals surface area (Å²) in [5.41, 5.74) is 0.961. The third kappa shape index (κ3) is 4.77. The summed E-state index contributed by atoms with van der Waals surface area (Å²) < 4.78 is 10.3. The van der Waals surface area contributed by atoms with Crippen molar-refractivity contribution in [1.82, 2.24) is 4.90 Å². The van der Waals surface area contributed by atoms with E-state index in [4.69, 9.17) is 9.47 Å². The van der Waals surface area contributed by atoms with Crippen LogP contribution < -0.4 is 0 Å². The fourth-order valence-electron chi connectivity index (χ4n) is 2.67. The van der Waals surface area contributed by atoms with Gasteiger partial charge in [-0.3, -0.25) is 0 Å². The van der Waals surface area contributed by atoms with Gasteiger partial charge in [0.1, 0.15) is 6.61 Å². The van der Waals surface area contributed by atoms with E-state index in [2.05, 4.69) is 0 Å². The maximum absolute atomic E-state index is 12.2. The third-order valence-electron chi connectivity index (χ3n) is 3.78. The highest BCUT2D eigenvalue weighted by molar-refractivity contribution is 5.67. The monoisotopic (exact) mass is 305 g/mol. The second-order valence-electron chi connectivity index (χ2n) is 5.55. The number of piperidine rings is 1. The number of nitrogens with zero attached hydrogens (tertiary/aromatic N) is 1. The lowest BCUT2D eigenvalue weighted by Crippen LogP contribution is -2.44. The van der Waals surface area contributed by atoms with Crippen molar-refractivity contribution in [3.05, 3.63) is 48.2 Å². The molecular weight excluding hydrogens is 282 g/mol. The fourth-order valence-corrected chi connectivity index (χ4v) is 2.67. The Labute approximate surface area is 131 Å². The number of hydrogen-bond donors (Lipinski definition) is 1. The van der Waals surface area contributed by atoms with Gasteiger partial charge in [0.25, 0.3) is 0 Å². The van der Waals surface area contributed by atoms with Crippen LogP contribution >= 0.6 is 0 Å². The molecule has 0 saturated carbocycles. The number of aliphatic hydroxyl groups is 1. The largest absolute Gasteiger partial charge is 0.505 e. The first-order valence-corrected chi connectivity index (χ1v) is 7.49. The van der Waals surface area contributed by atoms with Crippen LogP contribution in [0.3, 0.4) is 0 Å². The molecule has 0 spiro atoms. The molecule has 1 aromatic rings. The Hall–Kier alpha value is -2.01. The van der Waals surface area contributed by atoms with Crippen LogP contribution in [0.2, 0.25) is 0 Å². The van der Waals surface area contributed by atoms with Crippen LogP contribution in [0.25, 0.3) is 0 Å². The summed E-state index contributed by atoms with van der Waals surface area (Å²) in [6, 6.07) is 9.59. The molecule has 1 heterocycles. The van der Waals surface area contributed by atoms with Crippen LogP contribution in [0.4, 0.5) is 4.79 Å². The molecule has 0 aliphatic carbocycles. The topological polar surface area (TPSA) is 59.0 Å². The summed E-state index contributed by atoms with van der Waals surface area (Å²) in [6.45, 7) is 1.45. The number of ether oxygens (including phenoxy) is 2. The normalized spacial score (nSPS) is 21.8. The van der Waals surface area contributed by atoms with E-state index < -0.39 is 0 Å². The van der Waals surface area contributed by atoms with Gasteiger partial charge in [0.05, 0.1) is 13.4 Å². The van der Waals surface area contributed by atoms with E-state index in [1.807, 2.05) is 36.4 Å². The predicted molar refractivity (Wildman–Crippen MR) is 83.0 cm³/mol. The van der Waals surface area contributed by atoms with E-state index in [0.29, 0.717) is 13.1 Å². The molecule has 5 heteroatoms. The van der Waals surface area contributed by atoms with Crippen molar-refractivity contribution in [2.24, 2.45) is 11.8 Å². The number of benzene rings is 1. The Morgan fingerprint density at radius 3 is 2.82 bits per heavy atom. The second-order valence-corrected chi connectivity index (χ2v) is 5.55. The number of amides is 1. The van der Waals surface area contributed by atoms with E-state index in [1.165, 1.54) is 0 Å². The van der Waals surface area contributed by atoms with Crippen LogP contribution in [-0.2, 0) is 16.1 Å². The summed E-state index contributed by atoms with van der Waals surface area (Å²) in [4.78, 5) is 13.9. The van der Waals surface area contributed by atoms with Crippen LogP contribution in [0, 0.1) is 11.8 Å². The average molecular weight is 305 g/mol. The molecular formula is C17H23NO4. The van der Waals surface area contributed by atoms with Crippen molar-refractivity contribution in [3.63, 3.8) is 0 Å². The zero-order valence-electron chi connectivity index (χ0n) is 12.9. The van der Waals surface area contributed by atoms with Crippen molar-refractivity contribution in [1.29, 1.82) is 0 Å². The van der Waals surface area contributed by atoms with E-state index in [-0.39, 0.29) is 31.1 Å². The molecule has 1 aromatic carbocycles. The Morgan fingerprint density at radius 1 is 1.36 bits per heavy atom. The van der Waals surface area contributed by atoms with Crippen LogP contribution in [0.1, 0.15) is 12.0 Å². The number of carbonyl (C=O) groups is 1. The van der Waals surface area contributed by atoms with Gasteiger partial charge < -0.3 is 19.5 Å². The first-order valence-electron chi connectivity index (χ1n) is 7.49. The highest BCUT2D eigenvalue weighted by Crippen LogP contribution is 2.23. The Balaban J connectivity index is 1.90. The Morgan fingerprint density at radius 2 is 2.14 bits per heavy atom. The van der Waals surface area contributed by atoms with Gasteiger partial charge in [-0.25, -0.2) is 4.79 Å². The fraction of sp³-hybridized carbons (Fsp3) is 0.471. The van der Waals surface area contributed by atoms with Gasteiger partial charge in [0, 0.05) is 25.6 Å². The maximum Gasteiger partial charge on any atom is 0.410 e. The number of carbonyl (C=O) groups excluding carboxylic acids is 1. The smallest absolute Gasteiger partial charge is 0.410 e. The lowest BCUT2D eigenvalue weighted by molar-refractivity contribution is 0.0582. The summed E-state index contributed by atoms with van der Waals surface area (Å²) in [5.74, 6) is 0.250. The van der Waals surface area contributed by atoms with Crippen LogP contribution in [0.5, 0.6) is 0 Å². The van der Waals surface area contributed by atoms with Gasteiger partial charge >= 0.3 is 6.09 Å². The molecule has 0 aromatic heterocycles. The maximum atomic E-state index is 12.2. The molecule has 1 fully saturated rings. The standard InChI is InChI=1S/C17H23NO4/c1-21-8-7-15-9-16(12-19)11-18(10-15)17(20)22-13-14-5-3-2-4-6-14/h2-8,15-16,19H,9-13H2,1H3/b8-7-/t15-,16+/m1/s1. The number of likely N-dealkylation sites (tertiary alicyclic amines) is 1. The number of methoxy groups -OCH3 is 1. The van der Waals surface area contributed by atoms with Gasteiger partial charge in [-0.05, 0) is 24.0 Å². The van der Waals surface area contributed by atoms with Gasteiger partial charge in [-0.2, -0.15) is 0 Å². The van der Waals surface area contributed by atoms with Gasteiger partial charge in [-0.15, -0.1) is 0 Å². The number of hydrogen-bond acceptors (Lipinski definition) is 4. The zero-order valence-corrected chi connectivity index (χ0v) is 12.9. The molecule has 1 aliphatic heterocycles. The first-order chi connectivity index (χ1) is 10.7. The second kappa shape index (κ2) is 8.44. The molecule has 0 radical (unpaired) electrons. The minimum Gasteiger partial charge on any atom is -0.505 e. The molecule has 120 valence electrons. The van der Waals surface area contributed by atoms with Crippen molar-refractivity contribution in [2.45, 2.75) is 13.0 Å². The number of rotatable bonds is 5. The molecule has 1 amide bonds. The quantitative estimate of drug-likeness (QED) is 0.849. The molecule has 2 rings (SSSR count). The Kier molecular flexibility index (Phi) is 6.27. The SMILES string of the molecule is CO/C=C\[C@@H]1C[C@H](CO)CN(C(=O)OCc2ccccc2)C1. The van der Waals surface area contributed by atoms with E-state index in [1.54, 1.807) is 18.3 Å². The molecule has 0 unspecified atom stereocenters. The molecule has 1 aliphatic rings. The van der Waals surface area contributed by atoms with E-state index >= 15 is 0 Å². The van der Waals surface area contributed by atoms with Crippen molar-refractivity contribution in [3.8, 4) is 0 Å². The van der Waals surface area contributed by atoms with Gasteiger partial charge in [0.2, 0.25) is 0 Å². The van der Waals surface area contributed by atoms with E-state index in [0.717, 1.165) is 12.0 Å². The molecule has 1 saturated heterocycles. The van der Waals surface area contributed by atoms with Crippen LogP contribution in [0.15, 0.2) is 42.7 Å². The minimum absolute atomic E-state index is 0.0692. The summed E-state index contributed by atoms with van der Waals surface area (Å²) in [6.07, 6.45) is 4.06. The van der Waals surface area contributed by atoms with Crippen molar-refractivity contribution in [2.75, 3.05) is 26.8 Å². The summed E-state index contributed by atoms with van der Waals surface area (Å²) in [5, 5.41) is 9.41. The number of aliphatic hydroxyl groups excluding tert-OH is 1. The molecule has 2 atom stereocenters. The van der Waals surface area contributed by atoms with Crippen LogP contribution in [-0.4, -0.2) is 42.9 Å². The van der Waals surface area contributed by atoms with Crippen molar-refractivity contribution < 1.29 is 19.4 Å². The zero-order chi connectivity index (χ0) is 15.8. The average Bonchev–Trinajstić information content (AvgIpc) is 2.58. The molecule has 22 heavy (non-hydrogen) atoms. The Bertz CT molecular complexity index is 489. The van der Waals surface area contributed by atoms with Gasteiger partial charge in [0.15, 0.2) is 0 Å². The summed E-state index contributed by atoms with van der Waals surface area (Å²) >= 11 is 0. The highest BCUT2D eigenvalue weighted by Gasteiger charge is 2.29. The highest BCUT2D eigenvalue weighted by atomic mass is 16.6. The lowest BCUT2D eigenvalue weighted by atomic mass is 9.90. The molecule has 1 N–H and O–H groups in total. The van der Waals surface area contributed by atoms with E-state index in [9.17, 15) is 9.90 Å². The summed E-state index contributed by atoms with van der Waals surface area (Å²) in [7, 11) is 1.59. The van der Waals surface area contributed by atoms with Crippen molar-refractivity contribution >= 4 is 6.09 Å². The predicted octanol–water partition coefficient (Wildman–Crippen LogP) is 2.41. The third-order valence-corrected chi connectivity index (χ3v) is 3.78.